The number of carbonyl (C=O) groups excluding carboxylic acids is 3. The van der Waals surface area contributed by atoms with E-state index in [1.807, 2.05) is 54.6 Å². The minimum absolute atomic E-state index is 0.111. The van der Waals surface area contributed by atoms with E-state index in [0.29, 0.717) is 15.9 Å². The Balaban J connectivity index is 1.39. The average Bonchev–Trinajstić information content (AvgIpc) is 3.23. The van der Waals surface area contributed by atoms with Crippen LogP contribution in [0.15, 0.2) is 140 Å². The summed E-state index contributed by atoms with van der Waals surface area (Å²) < 4.78 is 11.5. The summed E-state index contributed by atoms with van der Waals surface area (Å²) in [5.41, 5.74) is -0.704. The number of nitro benzene ring substituents is 2. The molecule has 5 aromatic carbocycles. The first-order valence-electron chi connectivity index (χ1n) is 17.7. The first kappa shape index (κ1) is 39.2. The molecule has 288 valence electrons. The molecule has 0 saturated carbocycles. The van der Waals surface area contributed by atoms with Crippen molar-refractivity contribution in [2.45, 2.75) is 25.7 Å². The number of carbonyl (C=O) groups is 3. The number of alkyl carbamates (subject to hydrolysis) is 1. The monoisotopic (exact) mass is 778 g/mol. The van der Waals surface area contributed by atoms with Crippen molar-refractivity contribution >= 4 is 51.6 Å². The number of nitrogens with one attached hydrogen (secondary N) is 1. The van der Waals surface area contributed by atoms with Gasteiger partial charge in [-0.2, -0.15) is 0 Å². The Morgan fingerprint density at radius 2 is 1.11 bits per heavy atom. The van der Waals surface area contributed by atoms with Crippen molar-refractivity contribution in [1.29, 1.82) is 0 Å². The predicted molar refractivity (Wildman–Crippen MR) is 210 cm³/mol. The van der Waals surface area contributed by atoms with Crippen LogP contribution in [0.2, 0.25) is 0 Å². The number of hydrogen-bond donors (Lipinski definition) is 2. The number of para-hydroxylation sites is 2. The number of β-lactam (4-membered cyclic amide) rings is 1. The van der Waals surface area contributed by atoms with Crippen molar-refractivity contribution in [3.8, 4) is 0 Å². The second-order valence-corrected chi connectivity index (χ2v) is 18.0. The van der Waals surface area contributed by atoms with E-state index in [1.54, 1.807) is 53.4 Å². The topological polar surface area (TPSA) is 191 Å². The van der Waals surface area contributed by atoms with Gasteiger partial charge in [0.05, 0.1) is 0 Å². The summed E-state index contributed by atoms with van der Waals surface area (Å²) in [5.74, 6) is -1.21. The van der Waals surface area contributed by atoms with Crippen molar-refractivity contribution in [3.63, 3.8) is 0 Å². The first-order chi connectivity index (χ1) is 27.1. The molecule has 0 radical (unpaired) electrons. The van der Waals surface area contributed by atoms with Crippen LogP contribution in [0.4, 0.5) is 21.0 Å². The molecule has 0 aliphatic carbocycles. The summed E-state index contributed by atoms with van der Waals surface area (Å²) in [4.78, 5) is 66.5. The molecule has 15 heteroatoms. The molecule has 1 saturated heterocycles. The maximum absolute atomic E-state index is 15.6. The number of amides is 2. The summed E-state index contributed by atoms with van der Waals surface area (Å²) in [6.07, 6.45) is -0.964. The molecule has 1 aliphatic heterocycles. The number of nitrogens with zero attached hydrogens (tertiary/aromatic N) is 3. The fourth-order valence-corrected chi connectivity index (χ4v) is 13.4. The van der Waals surface area contributed by atoms with Crippen LogP contribution in [0.25, 0.3) is 0 Å². The van der Waals surface area contributed by atoms with E-state index in [9.17, 15) is 34.9 Å². The zero-order valence-electron chi connectivity index (χ0n) is 30.1. The molecule has 2 amide bonds. The second kappa shape index (κ2) is 16.9. The van der Waals surface area contributed by atoms with Crippen LogP contribution in [-0.2, 0) is 27.5 Å². The third-order valence-electron chi connectivity index (χ3n) is 10.3. The number of ether oxygens (including phenoxy) is 2. The Morgan fingerprint density at radius 3 is 1.55 bits per heavy atom. The summed E-state index contributed by atoms with van der Waals surface area (Å²) in [6, 6.07) is 38.3. The maximum atomic E-state index is 15.6. The summed E-state index contributed by atoms with van der Waals surface area (Å²) in [5, 5.41) is 37.9. The van der Waals surface area contributed by atoms with E-state index in [0.717, 1.165) is 0 Å². The normalized spacial score (nSPS) is 15.8. The van der Waals surface area contributed by atoms with E-state index >= 15 is 4.79 Å². The number of hydrogen-bond acceptors (Lipinski definition) is 10. The number of likely N-dealkylation sites (tertiary alicyclic amines) is 1. The molecular weight excluding hydrogens is 739 g/mol. The van der Waals surface area contributed by atoms with Crippen LogP contribution >= 0.6 is 6.60 Å². The molecule has 5 aromatic rings. The molecule has 6 rings (SSSR count). The zero-order valence-corrected chi connectivity index (χ0v) is 31.0. The number of benzene rings is 5. The SMILES string of the molecule is O=C(NC[C@H]1C(=O)N(CP(C(=O)OCc2ccccc2[N+](=O)[O-])(c2ccccc2)(c2ccccc2)c2ccccc2)[C@@H]1CCO)OCc1ccccc1[N+](=O)[O-]. The van der Waals surface area contributed by atoms with Gasteiger partial charge in [0.2, 0.25) is 0 Å². The van der Waals surface area contributed by atoms with Crippen molar-refractivity contribution in [2.24, 2.45) is 5.92 Å². The Morgan fingerprint density at radius 1 is 0.679 bits per heavy atom. The Labute approximate surface area is 321 Å². The summed E-state index contributed by atoms with van der Waals surface area (Å²) in [6.45, 7) is -5.96. The van der Waals surface area contributed by atoms with Gasteiger partial charge in [-0.3, -0.25) is 10.1 Å². The molecule has 0 bridgehead atoms. The third kappa shape index (κ3) is 7.19. The van der Waals surface area contributed by atoms with Crippen LogP contribution in [0.1, 0.15) is 17.5 Å². The first-order valence-corrected chi connectivity index (χ1v) is 20.2. The van der Waals surface area contributed by atoms with Crippen LogP contribution in [0, 0.1) is 26.1 Å². The van der Waals surface area contributed by atoms with Gasteiger partial charge < -0.3 is 0 Å². The van der Waals surface area contributed by atoms with Crippen molar-refractivity contribution in [1.82, 2.24) is 10.2 Å². The fraction of sp³-hybridized carbons (Fsp3) is 0.195. The van der Waals surface area contributed by atoms with E-state index in [-0.39, 0.29) is 55.0 Å². The average molecular weight is 779 g/mol. The Hall–Kier alpha value is -6.50. The van der Waals surface area contributed by atoms with Crippen molar-refractivity contribution in [3.05, 3.63) is 171 Å². The number of aliphatic hydroxyl groups excluding tert-OH is 1. The fourth-order valence-electron chi connectivity index (χ4n) is 7.50. The van der Waals surface area contributed by atoms with E-state index in [1.165, 1.54) is 36.4 Å². The van der Waals surface area contributed by atoms with Gasteiger partial charge in [-0.05, 0) is 0 Å². The van der Waals surface area contributed by atoms with E-state index in [4.69, 9.17) is 9.47 Å². The van der Waals surface area contributed by atoms with E-state index < -0.39 is 52.7 Å². The third-order valence-corrected chi connectivity index (χ3v) is 16.4. The van der Waals surface area contributed by atoms with E-state index in [2.05, 4.69) is 5.32 Å². The smallest absolute Gasteiger partial charge is 0.258 e. The van der Waals surface area contributed by atoms with Crippen LogP contribution in [0.3, 0.4) is 0 Å². The van der Waals surface area contributed by atoms with Gasteiger partial charge in [0.1, 0.15) is 0 Å². The number of nitro groups is 2. The molecule has 0 unspecified atom stereocenters. The van der Waals surface area contributed by atoms with Crippen molar-refractivity contribution < 1.29 is 38.8 Å². The van der Waals surface area contributed by atoms with Crippen molar-refractivity contribution in [2.75, 3.05) is 19.4 Å². The molecule has 1 fully saturated rings. The molecule has 2 atom stereocenters. The standard InChI is InChI=1S/C41H39N4O10P/c46-25-24-38-35(26-42-40(48)54-27-30-14-10-12-22-36(30)44(50)51)39(47)43(38)29-56(32-16-4-1-5-17-32,33-18-6-2-7-19-33,34-20-8-3-9-21-34)41(49)55-28-31-15-11-13-23-37(31)45(52)53/h1-23,35,38,46H,24-29H2,(H,42,48)/t35-,38-/m1/s1. The van der Waals surface area contributed by atoms with Gasteiger partial charge in [0.25, 0.3) is 0 Å². The minimum Gasteiger partial charge on any atom is -0.258 e. The van der Waals surface area contributed by atoms with Crippen LogP contribution in [0.5, 0.6) is 0 Å². The molecule has 1 heterocycles. The van der Waals surface area contributed by atoms with Crippen LogP contribution in [-0.4, -0.2) is 63.0 Å². The quantitative estimate of drug-likeness (QED) is 0.0539. The van der Waals surface area contributed by atoms with Gasteiger partial charge in [-0.25, -0.2) is 0 Å². The molecule has 2 N–H and O–H groups in total. The molecule has 56 heavy (non-hydrogen) atoms. The molecule has 0 spiro atoms. The second-order valence-electron chi connectivity index (χ2n) is 13.2. The zero-order chi connectivity index (χ0) is 39.7. The predicted octanol–water partition coefficient (Wildman–Crippen LogP) is 5.76. The van der Waals surface area contributed by atoms with Gasteiger partial charge in [-0.1, -0.05) is 6.07 Å². The van der Waals surface area contributed by atoms with Gasteiger partial charge in [0, 0.05) is 0 Å². The summed E-state index contributed by atoms with van der Waals surface area (Å²) in [7, 11) is 0. The Kier molecular flexibility index (Phi) is 11.8. The van der Waals surface area contributed by atoms with Crippen LogP contribution < -0.4 is 21.2 Å². The molecule has 1 aliphatic rings. The van der Waals surface area contributed by atoms with Gasteiger partial charge in [-0.15, -0.1) is 0 Å². The summed E-state index contributed by atoms with van der Waals surface area (Å²) >= 11 is 0. The molecule has 14 nitrogen and oxygen atoms in total. The minimum atomic E-state index is -4.68. The van der Waals surface area contributed by atoms with Gasteiger partial charge in [0.15, 0.2) is 0 Å². The number of rotatable bonds is 16. The number of aliphatic hydroxyl groups is 1. The Bertz CT molecular complexity index is 2130. The molecule has 0 aromatic heterocycles. The van der Waals surface area contributed by atoms with Gasteiger partial charge >= 0.3 is 306 Å². The molecular formula is C41H39N4O10P.